The second-order valence-electron chi connectivity index (χ2n) is 4.30. The molecule has 1 amide bonds. The number of benzene rings is 1. The van der Waals surface area contributed by atoms with Gasteiger partial charge in [-0.15, -0.1) is 0 Å². The predicted molar refractivity (Wildman–Crippen MR) is 69.4 cm³/mol. The molecule has 1 aromatic carbocycles. The van der Waals surface area contributed by atoms with Gasteiger partial charge < -0.3 is 21.3 Å². The first-order valence-corrected chi connectivity index (χ1v) is 5.92. The number of nitrogens with two attached hydrogens (primary N) is 1. The minimum Gasteiger partial charge on any atom is -0.480 e. The maximum absolute atomic E-state index is 11.8. The monoisotopic (exact) mass is 266 g/mol. The van der Waals surface area contributed by atoms with E-state index < -0.39 is 24.0 Å². The van der Waals surface area contributed by atoms with Crippen LogP contribution in [0.25, 0.3) is 0 Å². The zero-order valence-corrected chi connectivity index (χ0v) is 10.7. The number of aliphatic hydroxyl groups is 1. The van der Waals surface area contributed by atoms with Crippen LogP contribution in [0.3, 0.4) is 0 Å². The molecule has 5 N–H and O–H groups in total. The number of aliphatic carboxylic acids is 1. The van der Waals surface area contributed by atoms with Crippen LogP contribution in [0.4, 0.5) is 0 Å². The molecule has 0 aliphatic heterocycles. The van der Waals surface area contributed by atoms with E-state index in [2.05, 4.69) is 5.32 Å². The lowest BCUT2D eigenvalue weighted by Gasteiger charge is -2.17. The van der Waals surface area contributed by atoms with E-state index in [0.717, 1.165) is 5.56 Å². The highest BCUT2D eigenvalue weighted by atomic mass is 16.4. The summed E-state index contributed by atoms with van der Waals surface area (Å²) in [5, 5.41) is 19.9. The second-order valence-corrected chi connectivity index (χ2v) is 4.30. The highest BCUT2D eigenvalue weighted by Gasteiger charge is 2.23. The van der Waals surface area contributed by atoms with E-state index in [1.165, 1.54) is 0 Å². The largest absolute Gasteiger partial charge is 0.480 e. The summed E-state index contributed by atoms with van der Waals surface area (Å²) in [5.41, 5.74) is 7.42. The maximum Gasteiger partial charge on any atom is 0.326 e. The van der Waals surface area contributed by atoms with Gasteiger partial charge in [-0.05, 0) is 12.5 Å². The number of hydrogen-bond acceptors (Lipinski definition) is 4. The molecule has 6 heteroatoms. The third kappa shape index (κ3) is 4.35. The number of aryl methyl sites for hydroxylation is 1. The molecule has 1 unspecified atom stereocenters. The predicted octanol–water partition coefficient (Wildman–Crippen LogP) is -0.0534. The van der Waals surface area contributed by atoms with E-state index >= 15 is 0 Å². The average Bonchev–Trinajstić information content (AvgIpc) is 2.38. The normalized spacial score (nSPS) is 13.6. The van der Waals surface area contributed by atoms with Gasteiger partial charge in [0.05, 0.1) is 0 Å². The van der Waals surface area contributed by atoms with Crippen LogP contribution in [0.1, 0.15) is 23.6 Å². The average molecular weight is 266 g/mol. The van der Waals surface area contributed by atoms with Crippen molar-refractivity contribution < 1.29 is 19.8 Å². The highest BCUT2D eigenvalue weighted by Crippen LogP contribution is 2.12. The van der Waals surface area contributed by atoms with Gasteiger partial charge in [0.25, 0.3) is 0 Å². The lowest BCUT2D eigenvalue weighted by Crippen LogP contribution is -2.45. The zero-order chi connectivity index (χ0) is 14.4. The smallest absolute Gasteiger partial charge is 0.326 e. The molecule has 0 fully saturated rings. The van der Waals surface area contributed by atoms with E-state index in [9.17, 15) is 9.59 Å². The van der Waals surface area contributed by atoms with E-state index in [4.69, 9.17) is 15.9 Å². The minimum absolute atomic E-state index is 0.0539. The fraction of sp³-hybridized carbons (Fsp3) is 0.385. The van der Waals surface area contributed by atoms with Crippen LogP contribution < -0.4 is 11.1 Å². The van der Waals surface area contributed by atoms with E-state index in [0.29, 0.717) is 5.56 Å². The van der Waals surface area contributed by atoms with Crippen LogP contribution in [0.15, 0.2) is 24.3 Å². The molecule has 0 spiro atoms. The van der Waals surface area contributed by atoms with Crippen LogP contribution in [-0.4, -0.2) is 34.7 Å². The lowest BCUT2D eigenvalue weighted by molar-refractivity contribution is -0.142. The molecule has 0 saturated heterocycles. The van der Waals surface area contributed by atoms with Gasteiger partial charge in [0.2, 0.25) is 5.91 Å². The van der Waals surface area contributed by atoms with Crippen molar-refractivity contribution in [1.29, 1.82) is 0 Å². The van der Waals surface area contributed by atoms with E-state index in [1.54, 1.807) is 12.1 Å². The Morgan fingerprint density at radius 1 is 1.32 bits per heavy atom. The number of nitrogens with one attached hydrogen (secondary N) is 1. The van der Waals surface area contributed by atoms with Crippen molar-refractivity contribution in [3.63, 3.8) is 0 Å². The summed E-state index contributed by atoms with van der Waals surface area (Å²) in [7, 11) is 0. The summed E-state index contributed by atoms with van der Waals surface area (Å²) in [6.07, 6.45) is -0.0539. The Hall–Kier alpha value is -1.92. The second kappa shape index (κ2) is 6.86. The Balaban J connectivity index is 2.71. The molecular formula is C13H18N2O4. The van der Waals surface area contributed by atoms with Crippen LogP contribution in [0.5, 0.6) is 0 Å². The zero-order valence-electron chi connectivity index (χ0n) is 10.7. The first kappa shape index (κ1) is 15.1. The van der Waals surface area contributed by atoms with Crippen molar-refractivity contribution >= 4 is 11.9 Å². The SMILES string of the molecule is Cc1ccc(C(N)C(=O)N[C@H](CCO)C(=O)O)cc1. The lowest BCUT2D eigenvalue weighted by atomic mass is 10.0. The van der Waals surface area contributed by atoms with Crippen LogP contribution >= 0.6 is 0 Å². The van der Waals surface area contributed by atoms with Crippen molar-refractivity contribution in [2.24, 2.45) is 5.73 Å². The molecule has 1 aromatic rings. The molecule has 104 valence electrons. The standard InChI is InChI=1S/C13H18N2O4/c1-8-2-4-9(5-3-8)11(14)12(17)15-10(6-7-16)13(18)19/h2-5,10-11,16H,6-7,14H2,1H3,(H,15,17)(H,18,19)/t10-,11?/m1/s1. The Labute approximate surface area is 111 Å². The highest BCUT2D eigenvalue weighted by molar-refractivity contribution is 5.87. The molecule has 0 aliphatic carbocycles. The Kier molecular flexibility index (Phi) is 5.47. The molecular weight excluding hydrogens is 248 g/mol. The molecule has 6 nitrogen and oxygen atoms in total. The van der Waals surface area contributed by atoms with Gasteiger partial charge in [0.1, 0.15) is 12.1 Å². The molecule has 2 atom stereocenters. The van der Waals surface area contributed by atoms with Crippen molar-refractivity contribution in [2.45, 2.75) is 25.4 Å². The van der Waals surface area contributed by atoms with Gasteiger partial charge in [-0.25, -0.2) is 4.79 Å². The summed E-state index contributed by atoms with van der Waals surface area (Å²) >= 11 is 0. The molecule has 0 aliphatic rings. The van der Waals surface area contributed by atoms with Crippen molar-refractivity contribution in [1.82, 2.24) is 5.32 Å². The number of carboxylic acid groups (broad SMARTS) is 1. The van der Waals surface area contributed by atoms with Crippen molar-refractivity contribution in [3.05, 3.63) is 35.4 Å². The Morgan fingerprint density at radius 3 is 2.37 bits per heavy atom. The topological polar surface area (TPSA) is 113 Å². The van der Waals surface area contributed by atoms with E-state index in [1.807, 2.05) is 19.1 Å². The summed E-state index contributed by atoms with van der Waals surface area (Å²) in [4.78, 5) is 22.7. The minimum atomic E-state index is -1.20. The first-order valence-electron chi connectivity index (χ1n) is 5.92. The molecule has 1 rings (SSSR count). The molecule has 0 radical (unpaired) electrons. The molecule has 19 heavy (non-hydrogen) atoms. The first-order chi connectivity index (χ1) is 8.95. The summed E-state index contributed by atoms with van der Waals surface area (Å²) in [6, 6.07) is 5.04. The van der Waals surface area contributed by atoms with Gasteiger partial charge in [-0.3, -0.25) is 4.79 Å². The fourth-order valence-electron chi connectivity index (χ4n) is 1.57. The molecule has 0 aromatic heterocycles. The summed E-state index contributed by atoms with van der Waals surface area (Å²) in [6.45, 7) is 1.59. The van der Waals surface area contributed by atoms with Crippen molar-refractivity contribution in [3.8, 4) is 0 Å². The Morgan fingerprint density at radius 2 is 1.89 bits per heavy atom. The number of amides is 1. The number of carboxylic acids is 1. The van der Waals surface area contributed by atoms with Crippen LogP contribution in [-0.2, 0) is 9.59 Å². The third-order valence-corrected chi connectivity index (χ3v) is 2.75. The van der Waals surface area contributed by atoms with Crippen LogP contribution in [0, 0.1) is 6.92 Å². The van der Waals surface area contributed by atoms with E-state index in [-0.39, 0.29) is 13.0 Å². The fourth-order valence-corrected chi connectivity index (χ4v) is 1.57. The number of aliphatic hydroxyl groups excluding tert-OH is 1. The number of carbonyl (C=O) groups excluding carboxylic acids is 1. The molecule has 0 saturated carbocycles. The van der Waals surface area contributed by atoms with Gasteiger partial charge in [0.15, 0.2) is 0 Å². The quantitative estimate of drug-likeness (QED) is 0.576. The van der Waals surface area contributed by atoms with Gasteiger partial charge in [-0.2, -0.15) is 0 Å². The van der Waals surface area contributed by atoms with Gasteiger partial charge in [-0.1, -0.05) is 29.8 Å². The number of hydrogen-bond donors (Lipinski definition) is 4. The third-order valence-electron chi connectivity index (χ3n) is 2.75. The van der Waals surface area contributed by atoms with Crippen molar-refractivity contribution in [2.75, 3.05) is 6.61 Å². The molecule has 0 heterocycles. The van der Waals surface area contributed by atoms with Gasteiger partial charge >= 0.3 is 5.97 Å². The number of carbonyl (C=O) groups is 2. The maximum atomic E-state index is 11.8. The summed E-state index contributed by atoms with van der Waals surface area (Å²) in [5.74, 6) is -1.77. The Bertz CT molecular complexity index is 444. The number of rotatable bonds is 6. The van der Waals surface area contributed by atoms with Crippen LogP contribution in [0.2, 0.25) is 0 Å². The summed E-state index contributed by atoms with van der Waals surface area (Å²) < 4.78 is 0. The molecule has 0 bridgehead atoms. The van der Waals surface area contributed by atoms with Gasteiger partial charge in [0, 0.05) is 13.0 Å².